The Morgan fingerprint density at radius 1 is 1.19 bits per heavy atom. The summed E-state index contributed by atoms with van der Waals surface area (Å²) in [5, 5.41) is 13.1. The zero-order valence-corrected chi connectivity index (χ0v) is 23.3. The summed E-state index contributed by atoms with van der Waals surface area (Å²) in [6, 6.07) is 11.4. The van der Waals surface area contributed by atoms with Crippen LogP contribution in [0.2, 0.25) is 5.02 Å². The number of nitriles is 1. The first-order chi connectivity index (χ1) is 20.0. The number of carbonyl (C=O) groups is 1. The summed E-state index contributed by atoms with van der Waals surface area (Å²) in [5.41, 5.74) is 10.9. The molecule has 0 unspecified atom stereocenters. The standard InChI is InChI=1S/C30H22ClF2N7O2/c1-14-9-19(39-29(41)15(2)32)6-7-20(14)27-24(25-26(40(27)4)18(11-34)12-36-28(25)35)17-5-8-23(22(33)10-17)42-30-37-13-21(31)16(3)38-30/h5-10,12-13H,2H2,1,3-4H3,(H2,35,36)(H,39,41). The summed E-state index contributed by atoms with van der Waals surface area (Å²) >= 11 is 5.98. The first kappa shape index (κ1) is 28.2. The molecule has 0 saturated carbocycles. The Morgan fingerprint density at radius 2 is 1.95 bits per heavy atom. The minimum Gasteiger partial charge on any atom is -0.421 e. The molecule has 0 aliphatic rings. The third-order valence-corrected chi connectivity index (χ3v) is 7.03. The van der Waals surface area contributed by atoms with Gasteiger partial charge in [0.05, 0.1) is 39.1 Å². The molecule has 0 spiro atoms. The lowest BCUT2D eigenvalue weighted by molar-refractivity contribution is -0.114. The molecule has 3 aromatic heterocycles. The molecule has 5 aromatic rings. The minimum absolute atomic E-state index is 0.0688. The van der Waals surface area contributed by atoms with Crippen molar-refractivity contribution in [3.63, 3.8) is 0 Å². The van der Waals surface area contributed by atoms with Gasteiger partial charge >= 0.3 is 6.01 Å². The summed E-state index contributed by atoms with van der Waals surface area (Å²) in [7, 11) is 1.76. The zero-order chi connectivity index (χ0) is 30.3. The van der Waals surface area contributed by atoms with Crippen LogP contribution in [-0.2, 0) is 11.8 Å². The Hall–Kier alpha value is -5.34. The van der Waals surface area contributed by atoms with Crippen molar-refractivity contribution in [1.29, 1.82) is 5.26 Å². The SMILES string of the molecule is C=C(F)C(=O)Nc1ccc(-c2c(-c3ccc(Oc4ncc(Cl)c(C)n4)c(F)c3)c3c(N)ncc(C#N)c3n2C)c(C)c1. The molecule has 0 aliphatic carbocycles. The van der Waals surface area contributed by atoms with E-state index in [0.717, 1.165) is 0 Å². The number of anilines is 2. The van der Waals surface area contributed by atoms with Crippen molar-refractivity contribution in [2.24, 2.45) is 7.05 Å². The fourth-order valence-corrected chi connectivity index (χ4v) is 4.80. The van der Waals surface area contributed by atoms with Crippen LogP contribution in [0, 0.1) is 31.0 Å². The number of nitrogens with zero attached hydrogens (tertiary/aromatic N) is 5. The second kappa shape index (κ2) is 10.9. The van der Waals surface area contributed by atoms with Crippen LogP contribution in [0.15, 0.2) is 61.2 Å². The van der Waals surface area contributed by atoms with Crippen LogP contribution in [-0.4, -0.2) is 25.4 Å². The number of aryl methyl sites for hydroxylation is 3. The molecule has 0 fully saturated rings. The molecule has 0 atom stereocenters. The molecule has 3 heterocycles. The van der Waals surface area contributed by atoms with Crippen LogP contribution < -0.4 is 15.8 Å². The van der Waals surface area contributed by atoms with Gasteiger partial charge < -0.3 is 20.4 Å². The highest BCUT2D eigenvalue weighted by Crippen LogP contribution is 2.45. The third kappa shape index (κ3) is 5.00. The third-order valence-electron chi connectivity index (χ3n) is 6.66. The number of fused-ring (bicyclic) bond motifs is 1. The van der Waals surface area contributed by atoms with E-state index in [1.807, 2.05) is 0 Å². The summed E-state index contributed by atoms with van der Waals surface area (Å²) < 4.78 is 36.1. The molecule has 9 nitrogen and oxygen atoms in total. The lowest BCUT2D eigenvalue weighted by atomic mass is 9.95. The van der Waals surface area contributed by atoms with Gasteiger partial charge in [-0.05, 0) is 49.2 Å². The number of amides is 1. The molecule has 12 heteroatoms. The van der Waals surface area contributed by atoms with E-state index in [1.165, 1.54) is 24.5 Å². The number of carbonyl (C=O) groups excluding carboxylic acids is 1. The largest absolute Gasteiger partial charge is 0.421 e. The maximum Gasteiger partial charge on any atom is 0.322 e. The Labute approximate surface area is 243 Å². The van der Waals surface area contributed by atoms with Gasteiger partial charge in [0.25, 0.3) is 5.91 Å². The number of nitrogens with two attached hydrogens (primary N) is 1. The summed E-state index contributed by atoms with van der Waals surface area (Å²) in [4.78, 5) is 24.1. The molecule has 0 radical (unpaired) electrons. The van der Waals surface area contributed by atoms with Crippen LogP contribution in [0.4, 0.5) is 20.3 Å². The molecule has 5 rings (SSSR count). The van der Waals surface area contributed by atoms with Crippen molar-refractivity contribution < 1.29 is 18.3 Å². The van der Waals surface area contributed by atoms with E-state index in [4.69, 9.17) is 22.1 Å². The molecule has 2 aromatic carbocycles. The van der Waals surface area contributed by atoms with Crippen molar-refractivity contribution in [2.45, 2.75) is 13.8 Å². The number of nitrogen functional groups attached to an aromatic ring is 1. The van der Waals surface area contributed by atoms with Crippen LogP contribution in [0.3, 0.4) is 0 Å². The number of nitrogens with one attached hydrogen (secondary N) is 1. The fraction of sp³-hybridized carbons (Fsp3) is 0.100. The van der Waals surface area contributed by atoms with Crippen LogP contribution >= 0.6 is 11.6 Å². The average Bonchev–Trinajstić information content (AvgIpc) is 3.25. The monoisotopic (exact) mass is 585 g/mol. The number of rotatable bonds is 6. The molecule has 1 amide bonds. The van der Waals surface area contributed by atoms with E-state index in [1.54, 1.807) is 49.7 Å². The van der Waals surface area contributed by atoms with E-state index < -0.39 is 17.6 Å². The predicted molar refractivity (Wildman–Crippen MR) is 156 cm³/mol. The Kier molecular flexibility index (Phi) is 7.33. The number of aromatic nitrogens is 4. The quantitative estimate of drug-likeness (QED) is 0.210. The highest BCUT2D eigenvalue weighted by molar-refractivity contribution is 6.31. The molecule has 0 aliphatic heterocycles. The van der Waals surface area contributed by atoms with Crippen molar-refractivity contribution in [2.75, 3.05) is 11.1 Å². The molecule has 0 saturated heterocycles. The lowest BCUT2D eigenvalue weighted by Crippen LogP contribution is -2.11. The Bertz CT molecular complexity index is 1980. The second-order valence-corrected chi connectivity index (χ2v) is 9.80. The van der Waals surface area contributed by atoms with Gasteiger partial charge in [-0.3, -0.25) is 4.79 Å². The van der Waals surface area contributed by atoms with Crippen molar-refractivity contribution >= 4 is 39.9 Å². The fourth-order valence-electron chi connectivity index (χ4n) is 4.71. The summed E-state index contributed by atoms with van der Waals surface area (Å²) in [6.07, 6.45) is 2.75. The molecular formula is C30H22ClF2N7O2. The topological polar surface area (TPSA) is 132 Å². The number of ether oxygens (including phenoxy) is 1. The maximum atomic E-state index is 15.5. The highest BCUT2D eigenvalue weighted by Gasteiger charge is 2.25. The first-order valence-corrected chi connectivity index (χ1v) is 12.8. The van der Waals surface area contributed by atoms with Crippen LogP contribution in [0.1, 0.15) is 16.8 Å². The molecule has 3 N–H and O–H groups in total. The molecule has 42 heavy (non-hydrogen) atoms. The predicted octanol–water partition coefficient (Wildman–Crippen LogP) is 6.77. The average molecular weight is 586 g/mol. The number of hydrogen-bond donors (Lipinski definition) is 2. The van der Waals surface area contributed by atoms with Crippen LogP contribution in [0.5, 0.6) is 11.8 Å². The summed E-state index contributed by atoms with van der Waals surface area (Å²) in [6.45, 7) is 6.48. The molecular weight excluding hydrogens is 564 g/mol. The number of pyridine rings is 1. The molecule has 210 valence electrons. The van der Waals surface area contributed by atoms with Gasteiger partial charge in [-0.15, -0.1) is 0 Å². The number of benzene rings is 2. The van der Waals surface area contributed by atoms with Gasteiger partial charge in [0, 0.05) is 30.1 Å². The number of hydrogen-bond acceptors (Lipinski definition) is 7. The van der Waals surface area contributed by atoms with Gasteiger partial charge in [0.15, 0.2) is 17.4 Å². The van der Waals surface area contributed by atoms with Gasteiger partial charge in [0.2, 0.25) is 0 Å². The zero-order valence-electron chi connectivity index (χ0n) is 22.6. The van der Waals surface area contributed by atoms with Gasteiger partial charge in [-0.25, -0.2) is 18.7 Å². The van der Waals surface area contributed by atoms with E-state index >= 15 is 4.39 Å². The van der Waals surface area contributed by atoms with E-state index in [2.05, 4.69) is 32.9 Å². The Balaban J connectivity index is 1.69. The van der Waals surface area contributed by atoms with Crippen LogP contribution in [0.25, 0.3) is 33.3 Å². The normalized spacial score (nSPS) is 10.9. The smallest absolute Gasteiger partial charge is 0.322 e. The number of halogens is 3. The van der Waals surface area contributed by atoms with Gasteiger partial charge in [-0.1, -0.05) is 30.3 Å². The van der Waals surface area contributed by atoms with E-state index in [-0.39, 0.29) is 23.1 Å². The van der Waals surface area contributed by atoms with Gasteiger partial charge in [0.1, 0.15) is 11.9 Å². The van der Waals surface area contributed by atoms with E-state index in [9.17, 15) is 14.4 Å². The second-order valence-electron chi connectivity index (χ2n) is 9.40. The lowest BCUT2D eigenvalue weighted by Gasteiger charge is -2.14. The Morgan fingerprint density at radius 3 is 2.60 bits per heavy atom. The first-order valence-electron chi connectivity index (χ1n) is 12.4. The molecule has 0 bridgehead atoms. The van der Waals surface area contributed by atoms with Crippen molar-refractivity contribution in [1.82, 2.24) is 19.5 Å². The summed E-state index contributed by atoms with van der Waals surface area (Å²) in [5.74, 6) is -2.74. The maximum absolute atomic E-state index is 15.5. The minimum atomic E-state index is -1.12. The van der Waals surface area contributed by atoms with E-state index in [0.29, 0.717) is 55.3 Å². The van der Waals surface area contributed by atoms with Crippen molar-refractivity contribution in [3.8, 4) is 40.2 Å². The van der Waals surface area contributed by atoms with Crippen molar-refractivity contribution in [3.05, 3.63) is 88.9 Å². The highest BCUT2D eigenvalue weighted by atomic mass is 35.5. The van der Waals surface area contributed by atoms with Gasteiger partial charge in [-0.2, -0.15) is 10.2 Å².